The predicted octanol–water partition coefficient (Wildman–Crippen LogP) is 3.33. The summed E-state index contributed by atoms with van der Waals surface area (Å²) in [6.07, 6.45) is 7.97. The molecule has 2 N–H and O–H groups in total. The van der Waals surface area contributed by atoms with Gasteiger partial charge in [-0.2, -0.15) is 11.8 Å². The lowest BCUT2D eigenvalue weighted by Gasteiger charge is -2.20. The molecule has 0 radical (unpaired) electrons. The van der Waals surface area contributed by atoms with E-state index in [9.17, 15) is 0 Å². The van der Waals surface area contributed by atoms with Crippen molar-refractivity contribution in [2.75, 3.05) is 5.75 Å². The zero-order chi connectivity index (χ0) is 13.1. The maximum atomic E-state index is 4.34. The highest BCUT2D eigenvalue weighted by Crippen LogP contribution is 2.30. The van der Waals surface area contributed by atoms with Crippen LogP contribution in [-0.4, -0.2) is 27.0 Å². The van der Waals surface area contributed by atoms with Gasteiger partial charge in [0.1, 0.15) is 5.65 Å². The van der Waals surface area contributed by atoms with Gasteiger partial charge in [-0.05, 0) is 36.3 Å². The van der Waals surface area contributed by atoms with Crippen molar-refractivity contribution in [1.82, 2.24) is 15.3 Å². The van der Waals surface area contributed by atoms with Crippen molar-refractivity contribution in [2.45, 2.75) is 44.0 Å². The molecule has 4 heteroatoms. The number of aromatic amines is 1. The molecule has 0 bridgehead atoms. The standard InChI is InChI=1S/C15H21N3S/c1-2-19-14-7-3-6-13(14)17-9-11-10-18-15-12(11)5-4-8-16-15/h4-5,8,10,13-14,17H,2-3,6-7,9H2,1H3,(H,16,18). The third-order valence-corrected chi connectivity index (χ3v) is 5.25. The summed E-state index contributed by atoms with van der Waals surface area (Å²) in [6, 6.07) is 4.82. The van der Waals surface area contributed by atoms with Crippen LogP contribution in [0.1, 0.15) is 31.7 Å². The summed E-state index contributed by atoms with van der Waals surface area (Å²) in [5.74, 6) is 1.22. The highest BCUT2D eigenvalue weighted by atomic mass is 32.2. The van der Waals surface area contributed by atoms with Gasteiger partial charge in [-0.15, -0.1) is 0 Å². The van der Waals surface area contributed by atoms with Crippen molar-refractivity contribution < 1.29 is 0 Å². The quantitative estimate of drug-likeness (QED) is 0.879. The summed E-state index contributed by atoms with van der Waals surface area (Å²) >= 11 is 2.11. The monoisotopic (exact) mass is 275 g/mol. The number of rotatable bonds is 5. The van der Waals surface area contributed by atoms with Gasteiger partial charge in [0.2, 0.25) is 0 Å². The van der Waals surface area contributed by atoms with Gasteiger partial charge < -0.3 is 10.3 Å². The molecule has 0 saturated heterocycles. The number of nitrogens with one attached hydrogen (secondary N) is 2. The van der Waals surface area contributed by atoms with E-state index in [4.69, 9.17) is 0 Å². The van der Waals surface area contributed by atoms with Crippen LogP contribution in [0.3, 0.4) is 0 Å². The lowest BCUT2D eigenvalue weighted by Crippen LogP contribution is -2.33. The van der Waals surface area contributed by atoms with Gasteiger partial charge >= 0.3 is 0 Å². The molecule has 2 aromatic heterocycles. The SMILES string of the molecule is CCSC1CCCC1NCc1c[nH]c2ncccc12. The summed E-state index contributed by atoms with van der Waals surface area (Å²) in [7, 11) is 0. The zero-order valence-electron chi connectivity index (χ0n) is 11.4. The first-order chi connectivity index (χ1) is 9.38. The first-order valence-corrected chi connectivity index (χ1v) is 8.19. The van der Waals surface area contributed by atoms with Gasteiger partial charge in [-0.25, -0.2) is 4.98 Å². The Morgan fingerprint density at radius 3 is 3.32 bits per heavy atom. The molecule has 102 valence electrons. The molecule has 3 rings (SSSR count). The molecule has 2 unspecified atom stereocenters. The molecule has 0 aliphatic heterocycles. The van der Waals surface area contributed by atoms with Crippen LogP contribution in [0.15, 0.2) is 24.5 Å². The van der Waals surface area contributed by atoms with Crippen LogP contribution in [0.4, 0.5) is 0 Å². The summed E-state index contributed by atoms with van der Waals surface area (Å²) in [6.45, 7) is 3.20. The first-order valence-electron chi connectivity index (χ1n) is 7.14. The highest BCUT2D eigenvalue weighted by Gasteiger charge is 2.26. The number of nitrogens with zero attached hydrogens (tertiary/aromatic N) is 1. The third-order valence-electron chi connectivity index (χ3n) is 3.92. The average Bonchev–Trinajstić information content (AvgIpc) is 3.04. The molecule has 0 aromatic carbocycles. The lowest BCUT2D eigenvalue weighted by molar-refractivity contribution is 0.533. The van der Waals surface area contributed by atoms with Crippen molar-refractivity contribution >= 4 is 22.8 Å². The van der Waals surface area contributed by atoms with Crippen LogP contribution < -0.4 is 5.32 Å². The van der Waals surface area contributed by atoms with E-state index in [0.29, 0.717) is 6.04 Å². The average molecular weight is 275 g/mol. The van der Waals surface area contributed by atoms with E-state index in [1.165, 1.54) is 36.0 Å². The molecule has 1 aliphatic carbocycles. The summed E-state index contributed by atoms with van der Waals surface area (Å²) in [5.41, 5.74) is 2.32. The molecule has 0 spiro atoms. The number of hydrogen-bond acceptors (Lipinski definition) is 3. The van der Waals surface area contributed by atoms with Gasteiger partial charge in [-0.1, -0.05) is 13.3 Å². The second kappa shape index (κ2) is 5.97. The van der Waals surface area contributed by atoms with E-state index in [2.05, 4.69) is 46.2 Å². The first kappa shape index (κ1) is 13.0. The minimum Gasteiger partial charge on any atom is -0.346 e. The Bertz CT molecular complexity index is 537. The maximum Gasteiger partial charge on any atom is 0.137 e. The van der Waals surface area contributed by atoms with E-state index in [1.807, 2.05) is 12.3 Å². The van der Waals surface area contributed by atoms with E-state index in [-0.39, 0.29) is 0 Å². The van der Waals surface area contributed by atoms with Gasteiger partial charge in [0.25, 0.3) is 0 Å². The molecule has 2 heterocycles. The summed E-state index contributed by atoms with van der Waals surface area (Å²) < 4.78 is 0. The molecule has 3 nitrogen and oxygen atoms in total. The number of H-pyrrole nitrogens is 1. The number of pyridine rings is 1. The molecule has 19 heavy (non-hydrogen) atoms. The molecular weight excluding hydrogens is 254 g/mol. The van der Waals surface area contributed by atoms with Gasteiger partial charge in [0, 0.05) is 35.6 Å². The second-order valence-electron chi connectivity index (χ2n) is 5.13. The number of thioether (sulfide) groups is 1. The summed E-state index contributed by atoms with van der Waals surface area (Å²) in [4.78, 5) is 7.58. The Morgan fingerprint density at radius 2 is 2.42 bits per heavy atom. The smallest absolute Gasteiger partial charge is 0.137 e. The zero-order valence-corrected chi connectivity index (χ0v) is 12.2. The molecule has 0 amide bonds. The molecule has 2 aromatic rings. The van der Waals surface area contributed by atoms with Crippen LogP contribution in [0.5, 0.6) is 0 Å². The Balaban J connectivity index is 1.65. The maximum absolute atomic E-state index is 4.34. The Kier molecular flexibility index (Phi) is 4.09. The predicted molar refractivity (Wildman–Crippen MR) is 82.5 cm³/mol. The fourth-order valence-corrected chi connectivity index (χ4v) is 4.20. The topological polar surface area (TPSA) is 40.7 Å². The number of fused-ring (bicyclic) bond motifs is 1. The Hall–Kier alpha value is -1.00. The second-order valence-corrected chi connectivity index (χ2v) is 6.64. The van der Waals surface area contributed by atoms with Crippen LogP contribution in [0, 0.1) is 0 Å². The third kappa shape index (κ3) is 2.79. The highest BCUT2D eigenvalue weighted by molar-refractivity contribution is 7.99. The van der Waals surface area contributed by atoms with E-state index in [0.717, 1.165) is 17.4 Å². The van der Waals surface area contributed by atoms with E-state index >= 15 is 0 Å². The van der Waals surface area contributed by atoms with Crippen LogP contribution in [0.25, 0.3) is 11.0 Å². The largest absolute Gasteiger partial charge is 0.346 e. The molecule has 1 saturated carbocycles. The van der Waals surface area contributed by atoms with Crippen molar-refractivity contribution in [3.05, 3.63) is 30.1 Å². The molecular formula is C15H21N3S. The minimum atomic E-state index is 0.673. The Morgan fingerprint density at radius 1 is 1.47 bits per heavy atom. The van der Waals surface area contributed by atoms with Crippen LogP contribution in [0.2, 0.25) is 0 Å². The van der Waals surface area contributed by atoms with Crippen LogP contribution >= 0.6 is 11.8 Å². The number of aromatic nitrogens is 2. The van der Waals surface area contributed by atoms with E-state index in [1.54, 1.807) is 0 Å². The van der Waals surface area contributed by atoms with Crippen molar-refractivity contribution in [1.29, 1.82) is 0 Å². The lowest BCUT2D eigenvalue weighted by atomic mass is 10.2. The fourth-order valence-electron chi connectivity index (χ4n) is 2.97. The van der Waals surface area contributed by atoms with Gasteiger partial charge in [0.05, 0.1) is 0 Å². The minimum absolute atomic E-state index is 0.673. The fraction of sp³-hybridized carbons (Fsp3) is 0.533. The van der Waals surface area contributed by atoms with Crippen LogP contribution in [-0.2, 0) is 6.54 Å². The van der Waals surface area contributed by atoms with Gasteiger partial charge in [0.15, 0.2) is 0 Å². The summed E-state index contributed by atoms with van der Waals surface area (Å²) in [5, 5.41) is 5.79. The van der Waals surface area contributed by atoms with E-state index < -0.39 is 0 Å². The van der Waals surface area contributed by atoms with Crippen molar-refractivity contribution in [3.8, 4) is 0 Å². The number of hydrogen-bond donors (Lipinski definition) is 2. The normalized spacial score (nSPS) is 23.2. The van der Waals surface area contributed by atoms with Gasteiger partial charge in [-0.3, -0.25) is 0 Å². The molecule has 2 atom stereocenters. The van der Waals surface area contributed by atoms with Crippen molar-refractivity contribution in [3.63, 3.8) is 0 Å². The molecule has 1 aliphatic rings. The molecule has 1 fully saturated rings. The Labute approximate surface area is 118 Å². The van der Waals surface area contributed by atoms with Crippen molar-refractivity contribution in [2.24, 2.45) is 0 Å².